The number of nitrogens with one attached hydrogen (secondary N) is 2. The van der Waals surface area contributed by atoms with Crippen molar-refractivity contribution in [1.82, 2.24) is 0 Å². The molecule has 2 aromatic rings. The Balaban J connectivity index is 2.21. The van der Waals surface area contributed by atoms with Crippen molar-refractivity contribution in [2.75, 3.05) is 17.7 Å². The van der Waals surface area contributed by atoms with Gasteiger partial charge in [-0.15, -0.1) is 0 Å². The van der Waals surface area contributed by atoms with Gasteiger partial charge in [0.2, 0.25) is 0 Å². The molecule has 0 bridgehead atoms. The Kier molecular flexibility index (Phi) is 6.41. The zero-order valence-electron chi connectivity index (χ0n) is 13.9. The highest BCUT2D eigenvalue weighted by atomic mass is 35.5. The van der Waals surface area contributed by atoms with E-state index in [1.54, 1.807) is 24.3 Å². The Morgan fingerprint density at radius 1 is 1.30 bits per heavy atom. The zero-order chi connectivity index (χ0) is 20.0. The van der Waals surface area contributed by atoms with E-state index in [1.807, 2.05) is 0 Å². The number of nitrogens with zero attached hydrogens (tertiary/aromatic N) is 1. The molecule has 3 N–H and O–H groups in total. The molecule has 27 heavy (non-hydrogen) atoms. The SMILES string of the molecule is COc1ccc(Cl)cc1N/C=C(/C#N)C(=O)Nc1cccc(S(=O)(=O)O)c1. The lowest BCUT2D eigenvalue weighted by Gasteiger charge is -2.09. The monoisotopic (exact) mass is 407 g/mol. The molecule has 0 saturated heterocycles. The van der Waals surface area contributed by atoms with E-state index in [4.69, 9.17) is 20.9 Å². The fraction of sp³-hybridized carbons (Fsp3) is 0.0588. The first kappa shape index (κ1) is 20.3. The molecule has 140 valence electrons. The number of ether oxygens (including phenoxy) is 1. The summed E-state index contributed by atoms with van der Waals surface area (Å²) < 4.78 is 36.5. The number of benzene rings is 2. The first-order chi connectivity index (χ1) is 12.7. The van der Waals surface area contributed by atoms with Crippen molar-refractivity contribution in [3.05, 3.63) is 59.3 Å². The number of rotatable bonds is 6. The van der Waals surface area contributed by atoms with Crippen LogP contribution in [0.3, 0.4) is 0 Å². The average Bonchev–Trinajstić information content (AvgIpc) is 2.62. The minimum Gasteiger partial charge on any atom is -0.495 e. The first-order valence-corrected chi connectivity index (χ1v) is 9.15. The maximum atomic E-state index is 12.2. The molecule has 1 amide bonds. The maximum Gasteiger partial charge on any atom is 0.294 e. The van der Waals surface area contributed by atoms with Gasteiger partial charge in [0.25, 0.3) is 16.0 Å². The van der Waals surface area contributed by atoms with E-state index < -0.39 is 16.0 Å². The summed E-state index contributed by atoms with van der Waals surface area (Å²) in [7, 11) is -2.96. The van der Waals surface area contributed by atoms with Crippen LogP contribution in [0.1, 0.15) is 0 Å². The second kappa shape index (κ2) is 8.55. The predicted octanol–water partition coefficient (Wildman–Crippen LogP) is 3.05. The molecular formula is C17H14ClN3O5S. The van der Waals surface area contributed by atoms with Gasteiger partial charge in [0.05, 0.1) is 17.7 Å². The number of hydrogen-bond donors (Lipinski definition) is 3. The minimum atomic E-state index is -4.41. The number of methoxy groups -OCH3 is 1. The van der Waals surface area contributed by atoms with Gasteiger partial charge in [0.15, 0.2) is 0 Å². The molecule has 0 atom stereocenters. The van der Waals surface area contributed by atoms with Crippen molar-refractivity contribution >= 4 is 39.0 Å². The van der Waals surface area contributed by atoms with E-state index in [9.17, 15) is 18.5 Å². The number of carbonyl (C=O) groups is 1. The summed E-state index contributed by atoms with van der Waals surface area (Å²) in [5.74, 6) is -0.326. The van der Waals surface area contributed by atoms with Gasteiger partial charge in [-0.1, -0.05) is 17.7 Å². The number of anilines is 2. The summed E-state index contributed by atoms with van der Waals surface area (Å²) in [5.41, 5.74) is 0.254. The Morgan fingerprint density at radius 2 is 2.04 bits per heavy atom. The van der Waals surface area contributed by atoms with E-state index in [2.05, 4.69) is 10.6 Å². The zero-order valence-corrected chi connectivity index (χ0v) is 15.5. The fourth-order valence-corrected chi connectivity index (χ4v) is 2.72. The normalized spacial score (nSPS) is 11.4. The summed E-state index contributed by atoms with van der Waals surface area (Å²) in [5, 5.41) is 14.8. The van der Waals surface area contributed by atoms with Crippen LogP contribution in [-0.4, -0.2) is 26.0 Å². The average molecular weight is 408 g/mol. The summed E-state index contributed by atoms with van der Waals surface area (Å²) in [6.45, 7) is 0. The second-order valence-corrected chi connectivity index (χ2v) is 6.97. The van der Waals surface area contributed by atoms with Crippen LogP contribution in [0.25, 0.3) is 0 Å². The molecule has 10 heteroatoms. The van der Waals surface area contributed by atoms with E-state index in [-0.39, 0.29) is 16.2 Å². The van der Waals surface area contributed by atoms with Crippen LogP contribution >= 0.6 is 11.6 Å². The third-order valence-electron chi connectivity index (χ3n) is 3.29. The van der Waals surface area contributed by atoms with Crippen LogP contribution in [-0.2, 0) is 14.9 Å². The van der Waals surface area contributed by atoms with E-state index >= 15 is 0 Å². The molecule has 0 aliphatic rings. The fourth-order valence-electron chi connectivity index (χ4n) is 2.02. The highest BCUT2D eigenvalue weighted by Gasteiger charge is 2.13. The molecule has 0 aromatic heterocycles. The molecule has 8 nitrogen and oxygen atoms in total. The highest BCUT2D eigenvalue weighted by Crippen LogP contribution is 2.27. The summed E-state index contributed by atoms with van der Waals surface area (Å²) in [6, 6.07) is 11.5. The maximum absolute atomic E-state index is 12.2. The van der Waals surface area contributed by atoms with Gasteiger partial charge < -0.3 is 15.4 Å². The number of amides is 1. The van der Waals surface area contributed by atoms with E-state index in [1.165, 1.54) is 25.3 Å². The molecule has 0 fully saturated rings. The van der Waals surface area contributed by atoms with Gasteiger partial charge in [-0.05, 0) is 36.4 Å². The number of carbonyl (C=O) groups excluding carboxylic acids is 1. The van der Waals surface area contributed by atoms with Gasteiger partial charge in [-0.2, -0.15) is 13.7 Å². The molecule has 0 heterocycles. The number of halogens is 1. The lowest BCUT2D eigenvalue weighted by Crippen LogP contribution is -2.15. The van der Waals surface area contributed by atoms with Crippen molar-refractivity contribution in [3.63, 3.8) is 0 Å². The third-order valence-corrected chi connectivity index (χ3v) is 4.37. The molecule has 0 aliphatic carbocycles. The van der Waals surface area contributed by atoms with Gasteiger partial charge in [0, 0.05) is 16.9 Å². The quantitative estimate of drug-likeness (QED) is 0.381. The molecule has 0 aliphatic heterocycles. The minimum absolute atomic E-state index is 0.0941. The van der Waals surface area contributed by atoms with Crippen LogP contribution in [0.5, 0.6) is 5.75 Å². The van der Waals surface area contributed by atoms with Crippen molar-refractivity contribution in [1.29, 1.82) is 5.26 Å². The van der Waals surface area contributed by atoms with Crippen LogP contribution in [0, 0.1) is 11.3 Å². The van der Waals surface area contributed by atoms with Crippen molar-refractivity contribution in [2.24, 2.45) is 0 Å². The second-order valence-electron chi connectivity index (χ2n) is 5.12. The number of hydrogen-bond acceptors (Lipinski definition) is 6. The Morgan fingerprint density at radius 3 is 2.67 bits per heavy atom. The lowest BCUT2D eigenvalue weighted by atomic mass is 10.2. The molecule has 0 radical (unpaired) electrons. The standard InChI is InChI=1S/C17H14ClN3O5S/c1-26-16-6-5-12(18)7-15(16)20-10-11(9-19)17(22)21-13-3-2-4-14(8-13)27(23,24)25/h2-8,10,20H,1H3,(H,21,22)(H,23,24,25)/b11-10-. The third kappa shape index (κ3) is 5.46. The Hall–Kier alpha value is -3.06. The van der Waals surface area contributed by atoms with Crippen LogP contribution in [0.15, 0.2) is 59.1 Å². The molecule has 0 saturated carbocycles. The topological polar surface area (TPSA) is 129 Å². The van der Waals surface area contributed by atoms with Crippen LogP contribution in [0.2, 0.25) is 5.02 Å². The molecule has 2 aromatic carbocycles. The van der Waals surface area contributed by atoms with Crippen LogP contribution < -0.4 is 15.4 Å². The van der Waals surface area contributed by atoms with Gasteiger partial charge in [-0.3, -0.25) is 9.35 Å². The number of nitriles is 1. The van der Waals surface area contributed by atoms with Gasteiger partial charge in [-0.25, -0.2) is 0 Å². The molecule has 2 rings (SSSR count). The molecular weight excluding hydrogens is 394 g/mol. The van der Waals surface area contributed by atoms with Crippen molar-refractivity contribution < 1.29 is 22.5 Å². The molecule has 0 spiro atoms. The summed E-state index contributed by atoms with van der Waals surface area (Å²) in [4.78, 5) is 11.9. The van der Waals surface area contributed by atoms with Gasteiger partial charge in [0.1, 0.15) is 17.4 Å². The first-order valence-electron chi connectivity index (χ1n) is 7.34. The summed E-state index contributed by atoms with van der Waals surface area (Å²) >= 11 is 5.91. The Labute approximate surface area is 160 Å². The largest absolute Gasteiger partial charge is 0.495 e. The Bertz CT molecular complexity index is 1040. The van der Waals surface area contributed by atoms with Crippen molar-refractivity contribution in [3.8, 4) is 11.8 Å². The highest BCUT2D eigenvalue weighted by molar-refractivity contribution is 7.85. The summed E-state index contributed by atoms with van der Waals surface area (Å²) in [6.07, 6.45) is 1.16. The predicted molar refractivity (Wildman–Crippen MR) is 100 cm³/mol. The lowest BCUT2D eigenvalue weighted by molar-refractivity contribution is -0.112. The van der Waals surface area contributed by atoms with E-state index in [0.29, 0.717) is 16.5 Å². The smallest absolute Gasteiger partial charge is 0.294 e. The van der Waals surface area contributed by atoms with Gasteiger partial charge >= 0.3 is 0 Å². The van der Waals surface area contributed by atoms with Crippen LogP contribution in [0.4, 0.5) is 11.4 Å². The molecule has 0 unspecified atom stereocenters. The van der Waals surface area contributed by atoms with Crippen molar-refractivity contribution in [2.45, 2.75) is 4.90 Å². The van der Waals surface area contributed by atoms with E-state index in [0.717, 1.165) is 12.3 Å².